The summed E-state index contributed by atoms with van der Waals surface area (Å²) in [6.45, 7) is 0.326. The highest BCUT2D eigenvalue weighted by Crippen LogP contribution is 2.22. The number of anilines is 1. The van der Waals surface area contributed by atoms with Crippen molar-refractivity contribution in [3.8, 4) is 5.75 Å². The van der Waals surface area contributed by atoms with E-state index in [4.69, 9.17) is 4.74 Å². The molecule has 0 saturated carbocycles. The van der Waals surface area contributed by atoms with Crippen LogP contribution in [0.5, 0.6) is 5.75 Å². The molecular weight excluding hydrogens is 456 g/mol. The van der Waals surface area contributed by atoms with Gasteiger partial charge in [-0.25, -0.2) is 5.43 Å². The van der Waals surface area contributed by atoms with Gasteiger partial charge in [-0.2, -0.15) is 5.10 Å². The van der Waals surface area contributed by atoms with Gasteiger partial charge in [-0.3, -0.25) is 14.4 Å². The Morgan fingerprint density at radius 3 is 2.31 bits per heavy atom. The van der Waals surface area contributed by atoms with Crippen LogP contribution in [0.3, 0.4) is 0 Å². The molecule has 0 atom stereocenters. The van der Waals surface area contributed by atoms with Crippen LogP contribution in [0.4, 0.5) is 5.69 Å². The van der Waals surface area contributed by atoms with Crippen molar-refractivity contribution in [1.82, 2.24) is 10.7 Å². The smallest absolute Gasteiger partial charge is 0.329 e. The maximum Gasteiger partial charge on any atom is 0.329 e. The van der Waals surface area contributed by atoms with Gasteiger partial charge in [0, 0.05) is 17.6 Å². The standard InChI is InChI=1S/C28H24N4O4/c33-26(29-17-20-7-2-1-3-8-20)19-36-23-15-13-21(14-16-23)18-30-32-28(35)27(34)31-25-12-6-10-22-9-4-5-11-24(22)25/h1-16,18H,17,19H2,(H,29,33)(H,31,34)(H,32,35)/b30-18-. The number of rotatable bonds is 8. The lowest BCUT2D eigenvalue weighted by Crippen LogP contribution is -2.32. The summed E-state index contributed by atoms with van der Waals surface area (Å²) >= 11 is 0. The monoisotopic (exact) mass is 480 g/mol. The fourth-order valence-electron chi connectivity index (χ4n) is 3.38. The number of hydrogen-bond acceptors (Lipinski definition) is 5. The van der Waals surface area contributed by atoms with Gasteiger partial charge in [0.2, 0.25) is 0 Å². The predicted octanol–water partition coefficient (Wildman–Crippen LogP) is 3.62. The first kappa shape index (κ1) is 24.2. The molecule has 4 aromatic carbocycles. The first-order valence-corrected chi connectivity index (χ1v) is 11.2. The molecular formula is C28H24N4O4. The third kappa shape index (κ3) is 6.77. The number of hydrogen-bond donors (Lipinski definition) is 3. The number of ether oxygens (including phenoxy) is 1. The second-order valence-corrected chi connectivity index (χ2v) is 7.80. The maximum absolute atomic E-state index is 12.3. The molecule has 4 aromatic rings. The first-order chi connectivity index (χ1) is 17.6. The molecule has 0 bridgehead atoms. The van der Waals surface area contributed by atoms with Gasteiger partial charge in [0.05, 0.1) is 6.21 Å². The molecule has 180 valence electrons. The highest BCUT2D eigenvalue weighted by molar-refractivity contribution is 6.40. The van der Waals surface area contributed by atoms with Crippen LogP contribution in [-0.4, -0.2) is 30.5 Å². The van der Waals surface area contributed by atoms with Crippen molar-refractivity contribution in [1.29, 1.82) is 0 Å². The summed E-state index contributed by atoms with van der Waals surface area (Å²) < 4.78 is 5.49. The van der Waals surface area contributed by atoms with Gasteiger partial charge in [-0.1, -0.05) is 66.7 Å². The lowest BCUT2D eigenvalue weighted by atomic mass is 10.1. The van der Waals surface area contributed by atoms with Crippen LogP contribution in [-0.2, 0) is 20.9 Å². The highest BCUT2D eigenvalue weighted by Gasteiger charge is 2.14. The Balaban J connectivity index is 1.22. The molecule has 0 radical (unpaired) electrons. The molecule has 8 nitrogen and oxygen atoms in total. The zero-order valence-corrected chi connectivity index (χ0v) is 19.3. The van der Waals surface area contributed by atoms with Crippen molar-refractivity contribution in [2.75, 3.05) is 11.9 Å². The second-order valence-electron chi connectivity index (χ2n) is 7.80. The average Bonchev–Trinajstić information content (AvgIpc) is 2.92. The van der Waals surface area contributed by atoms with Crippen LogP contribution in [0.25, 0.3) is 10.8 Å². The van der Waals surface area contributed by atoms with E-state index in [1.807, 2.05) is 60.7 Å². The molecule has 0 unspecified atom stereocenters. The highest BCUT2D eigenvalue weighted by atomic mass is 16.5. The summed E-state index contributed by atoms with van der Waals surface area (Å²) in [4.78, 5) is 36.3. The van der Waals surface area contributed by atoms with E-state index in [-0.39, 0.29) is 12.5 Å². The van der Waals surface area contributed by atoms with E-state index in [0.29, 0.717) is 23.5 Å². The van der Waals surface area contributed by atoms with Crippen LogP contribution >= 0.6 is 0 Å². The summed E-state index contributed by atoms with van der Waals surface area (Å²) in [5.74, 6) is -1.42. The molecule has 0 aromatic heterocycles. The molecule has 0 heterocycles. The molecule has 3 N–H and O–H groups in total. The molecule has 3 amide bonds. The maximum atomic E-state index is 12.3. The predicted molar refractivity (Wildman–Crippen MR) is 139 cm³/mol. The van der Waals surface area contributed by atoms with Gasteiger partial charge in [-0.05, 0) is 46.8 Å². The van der Waals surface area contributed by atoms with Gasteiger partial charge in [-0.15, -0.1) is 0 Å². The molecule has 36 heavy (non-hydrogen) atoms. The minimum absolute atomic E-state index is 0.109. The summed E-state index contributed by atoms with van der Waals surface area (Å²) in [5, 5.41) is 11.0. The van der Waals surface area contributed by atoms with Crippen molar-refractivity contribution in [2.24, 2.45) is 5.10 Å². The van der Waals surface area contributed by atoms with Gasteiger partial charge < -0.3 is 15.4 Å². The van der Waals surface area contributed by atoms with Crippen molar-refractivity contribution in [2.45, 2.75) is 6.54 Å². The van der Waals surface area contributed by atoms with Crippen molar-refractivity contribution in [3.63, 3.8) is 0 Å². The average molecular weight is 481 g/mol. The zero-order valence-electron chi connectivity index (χ0n) is 19.3. The summed E-state index contributed by atoms with van der Waals surface area (Å²) in [6, 6.07) is 29.4. The van der Waals surface area contributed by atoms with Crippen LogP contribution in [0.15, 0.2) is 102 Å². The summed E-state index contributed by atoms with van der Waals surface area (Å²) in [7, 11) is 0. The molecule has 0 fully saturated rings. The zero-order chi connectivity index (χ0) is 25.2. The van der Waals surface area contributed by atoms with Crippen LogP contribution in [0, 0.1) is 0 Å². The molecule has 8 heteroatoms. The van der Waals surface area contributed by atoms with E-state index in [1.165, 1.54) is 6.21 Å². The normalized spacial score (nSPS) is 10.7. The SMILES string of the molecule is O=C(COc1ccc(/C=N\NC(=O)C(=O)Nc2cccc3ccccc23)cc1)NCc1ccccc1. The number of carbonyl (C=O) groups is 3. The number of nitrogens with zero attached hydrogens (tertiary/aromatic N) is 1. The van der Waals surface area contributed by atoms with Gasteiger partial charge in [0.1, 0.15) is 5.75 Å². The van der Waals surface area contributed by atoms with Gasteiger partial charge in [0.15, 0.2) is 6.61 Å². The molecule has 0 saturated heterocycles. The third-order valence-corrected chi connectivity index (χ3v) is 5.21. The number of hydrazone groups is 1. The van der Waals surface area contributed by atoms with Crippen molar-refractivity contribution < 1.29 is 19.1 Å². The lowest BCUT2D eigenvalue weighted by molar-refractivity contribution is -0.136. The largest absolute Gasteiger partial charge is 0.484 e. The molecule has 0 aliphatic carbocycles. The minimum Gasteiger partial charge on any atom is -0.484 e. The summed E-state index contributed by atoms with van der Waals surface area (Å²) in [5.41, 5.74) is 4.44. The number of fused-ring (bicyclic) bond motifs is 1. The Morgan fingerprint density at radius 1 is 0.778 bits per heavy atom. The van der Waals surface area contributed by atoms with E-state index in [2.05, 4.69) is 21.2 Å². The van der Waals surface area contributed by atoms with E-state index in [0.717, 1.165) is 16.3 Å². The Bertz CT molecular complexity index is 1380. The molecule has 0 aliphatic rings. The Kier molecular flexibility index (Phi) is 8.01. The quantitative estimate of drug-likeness (QED) is 0.203. The van der Waals surface area contributed by atoms with Crippen LogP contribution in [0.2, 0.25) is 0 Å². The number of carbonyl (C=O) groups excluding carboxylic acids is 3. The topological polar surface area (TPSA) is 109 Å². The fourth-order valence-corrected chi connectivity index (χ4v) is 3.38. The molecule has 0 spiro atoms. The van der Waals surface area contributed by atoms with Crippen molar-refractivity contribution in [3.05, 3.63) is 108 Å². The van der Waals surface area contributed by atoms with Gasteiger partial charge >= 0.3 is 11.8 Å². The molecule has 4 rings (SSSR count). The van der Waals surface area contributed by atoms with Crippen LogP contribution < -0.4 is 20.8 Å². The van der Waals surface area contributed by atoms with E-state index in [9.17, 15) is 14.4 Å². The number of benzene rings is 4. The third-order valence-electron chi connectivity index (χ3n) is 5.21. The Hall–Kier alpha value is -4.98. The first-order valence-electron chi connectivity index (χ1n) is 11.2. The van der Waals surface area contributed by atoms with E-state index in [1.54, 1.807) is 36.4 Å². The van der Waals surface area contributed by atoms with Crippen molar-refractivity contribution >= 4 is 40.4 Å². The van der Waals surface area contributed by atoms with Gasteiger partial charge in [0.25, 0.3) is 5.91 Å². The minimum atomic E-state index is -0.888. The second kappa shape index (κ2) is 11.9. The number of nitrogens with one attached hydrogen (secondary N) is 3. The van der Waals surface area contributed by atoms with Crippen LogP contribution in [0.1, 0.15) is 11.1 Å². The van der Waals surface area contributed by atoms with E-state index < -0.39 is 11.8 Å². The Morgan fingerprint density at radius 2 is 1.50 bits per heavy atom. The number of amides is 3. The molecule has 0 aliphatic heterocycles. The fraction of sp³-hybridized carbons (Fsp3) is 0.0714. The summed E-state index contributed by atoms with van der Waals surface area (Å²) in [6.07, 6.45) is 1.40. The van der Waals surface area contributed by atoms with E-state index >= 15 is 0 Å². The lowest BCUT2D eigenvalue weighted by Gasteiger charge is -2.08. The Labute approximate surface area is 208 Å².